The molecule has 0 fully saturated rings. The summed E-state index contributed by atoms with van der Waals surface area (Å²) < 4.78 is 21.4. The van der Waals surface area contributed by atoms with Gasteiger partial charge in [0.25, 0.3) is 0 Å². The van der Waals surface area contributed by atoms with Gasteiger partial charge >= 0.3 is 0 Å². The number of ketones is 1. The Balaban J connectivity index is 1.71. The number of benzene rings is 1. The minimum absolute atomic E-state index is 0.0472. The Morgan fingerprint density at radius 1 is 1.21 bits per heavy atom. The first-order valence-electron chi connectivity index (χ1n) is 9.39. The molecule has 3 aromatic rings. The lowest BCUT2D eigenvalue weighted by Gasteiger charge is -2.11. The van der Waals surface area contributed by atoms with E-state index < -0.39 is 5.82 Å². The summed E-state index contributed by atoms with van der Waals surface area (Å²) in [6, 6.07) is 3.06. The number of aromatic nitrogens is 4. The summed E-state index contributed by atoms with van der Waals surface area (Å²) in [5.41, 5.74) is 3.58. The zero-order chi connectivity index (χ0) is 21.0. The van der Waals surface area contributed by atoms with Gasteiger partial charge in [0.05, 0.1) is 24.7 Å². The van der Waals surface area contributed by atoms with E-state index in [4.69, 9.17) is 4.74 Å². The van der Waals surface area contributed by atoms with Crippen molar-refractivity contribution in [3.05, 3.63) is 58.9 Å². The molecule has 3 rings (SSSR count). The summed E-state index contributed by atoms with van der Waals surface area (Å²) in [6.45, 7) is 3.72. The number of rotatable bonds is 8. The summed E-state index contributed by atoms with van der Waals surface area (Å²) in [7, 11) is 3.26. The summed E-state index contributed by atoms with van der Waals surface area (Å²) in [5.74, 6) is 0.0654. The molecule has 0 amide bonds. The van der Waals surface area contributed by atoms with Gasteiger partial charge < -0.3 is 10.1 Å². The molecule has 0 saturated carbocycles. The van der Waals surface area contributed by atoms with E-state index in [0.717, 1.165) is 16.9 Å². The van der Waals surface area contributed by atoms with Gasteiger partial charge in [-0.25, -0.2) is 14.4 Å². The van der Waals surface area contributed by atoms with Crippen LogP contribution in [0.5, 0.6) is 5.75 Å². The maximum absolute atomic E-state index is 14.6. The third kappa shape index (κ3) is 4.59. The fourth-order valence-corrected chi connectivity index (χ4v) is 2.92. The van der Waals surface area contributed by atoms with Gasteiger partial charge in [-0.1, -0.05) is 6.92 Å². The first-order valence-corrected chi connectivity index (χ1v) is 9.39. The quantitative estimate of drug-likeness (QED) is 0.583. The van der Waals surface area contributed by atoms with Crippen LogP contribution < -0.4 is 10.1 Å². The van der Waals surface area contributed by atoms with Gasteiger partial charge in [-0.2, -0.15) is 5.10 Å². The molecule has 1 N–H and O–H groups in total. The number of ether oxygens (including phenoxy) is 1. The van der Waals surface area contributed by atoms with Crippen molar-refractivity contribution in [1.82, 2.24) is 19.7 Å². The van der Waals surface area contributed by atoms with E-state index in [0.29, 0.717) is 36.3 Å². The van der Waals surface area contributed by atoms with Crippen molar-refractivity contribution in [2.45, 2.75) is 33.1 Å². The average Bonchev–Trinajstić information content (AvgIpc) is 3.05. The second-order valence-electron chi connectivity index (χ2n) is 6.74. The van der Waals surface area contributed by atoms with Crippen LogP contribution in [0.25, 0.3) is 0 Å². The van der Waals surface area contributed by atoms with Gasteiger partial charge in [0.2, 0.25) is 5.95 Å². The summed E-state index contributed by atoms with van der Waals surface area (Å²) in [4.78, 5) is 20.7. The molecular weight excluding hydrogens is 373 g/mol. The highest BCUT2D eigenvalue weighted by Gasteiger charge is 2.15. The molecule has 152 valence electrons. The minimum atomic E-state index is -0.439. The van der Waals surface area contributed by atoms with Crippen molar-refractivity contribution < 1.29 is 13.9 Å². The Bertz CT molecular complexity index is 1010. The second kappa shape index (κ2) is 8.81. The monoisotopic (exact) mass is 397 g/mol. The highest BCUT2D eigenvalue weighted by atomic mass is 19.1. The third-order valence-corrected chi connectivity index (χ3v) is 4.85. The molecule has 0 aliphatic rings. The van der Waals surface area contributed by atoms with Crippen molar-refractivity contribution in [1.29, 1.82) is 0 Å². The lowest BCUT2D eigenvalue weighted by Crippen LogP contribution is -2.05. The van der Waals surface area contributed by atoms with Gasteiger partial charge in [0.15, 0.2) is 17.3 Å². The van der Waals surface area contributed by atoms with E-state index in [1.807, 2.05) is 14.0 Å². The highest BCUT2D eigenvalue weighted by Crippen LogP contribution is 2.25. The van der Waals surface area contributed by atoms with Crippen LogP contribution in [0.2, 0.25) is 0 Å². The molecule has 29 heavy (non-hydrogen) atoms. The molecule has 0 unspecified atom stereocenters. The van der Waals surface area contributed by atoms with Crippen LogP contribution >= 0.6 is 0 Å². The number of aryl methyl sites for hydroxylation is 3. The van der Waals surface area contributed by atoms with Gasteiger partial charge in [-0.05, 0) is 43.0 Å². The predicted octanol–water partition coefficient (Wildman–Crippen LogP) is 3.79. The molecule has 0 radical (unpaired) electrons. The summed E-state index contributed by atoms with van der Waals surface area (Å²) in [5, 5.41) is 7.29. The van der Waals surface area contributed by atoms with E-state index in [9.17, 15) is 9.18 Å². The van der Waals surface area contributed by atoms with Crippen molar-refractivity contribution in [2.75, 3.05) is 12.4 Å². The van der Waals surface area contributed by atoms with Gasteiger partial charge in [0.1, 0.15) is 0 Å². The molecule has 1 aromatic carbocycles. The topological polar surface area (TPSA) is 81.9 Å². The van der Waals surface area contributed by atoms with Crippen LogP contribution in [-0.4, -0.2) is 32.6 Å². The Kier molecular flexibility index (Phi) is 6.21. The molecular formula is C21H24FN5O2. The molecule has 0 bridgehead atoms. The number of hydrogen-bond acceptors (Lipinski definition) is 6. The number of hydrogen-bond donors (Lipinski definition) is 1. The number of methoxy groups -OCH3 is 1. The van der Waals surface area contributed by atoms with Crippen molar-refractivity contribution in [3.8, 4) is 5.75 Å². The number of nitrogens with zero attached hydrogens (tertiary/aromatic N) is 4. The van der Waals surface area contributed by atoms with Crippen molar-refractivity contribution >= 4 is 17.4 Å². The third-order valence-electron chi connectivity index (χ3n) is 4.85. The maximum Gasteiger partial charge on any atom is 0.227 e. The Morgan fingerprint density at radius 3 is 2.52 bits per heavy atom. The Morgan fingerprint density at radius 2 is 1.93 bits per heavy atom. The van der Waals surface area contributed by atoms with Crippen LogP contribution in [-0.2, 0) is 19.9 Å². The second-order valence-corrected chi connectivity index (χ2v) is 6.74. The van der Waals surface area contributed by atoms with E-state index in [2.05, 4.69) is 20.4 Å². The number of nitrogens with one attached hydrogen (secondary N) is 1. The van der Waals surface area contributed by atoms with E-state index >= 15 is 0 Å². The van der Waals surface area contributed by atoms with Gasteiger partial charge in [0, 0.05) is 31.4 Å². The molecule has 8 heteroatoms. The standard InChI is InChI=1S/C21H24FN5O2/c1-5-18(28)16-8-15(20(22)19(9-16)29-4)7-6-14-10-23-21(24-11-14)26-17-12-25-27(3)13(17)2/h8-12H,5-7H2,1-4H3,(H,23,24,26). The van der Waals surface area contributed by atoms with E-state index in [-0.39, 0.29) is 11.5 Å². The van der Waals surface area contributed by atoms with Crippen LogP contribution in [0.4, 0.5) is 16.0 Å². The number of Topliss-reactive ketones (excluding diaryl/α,β-unsaturated/α-hetero) is 1. The number of carbonyl (C=O) groups excluding carboxylic acids is 1. The molecule has 2 heterocycles. The normalized spacial score (nSPS) is 10.8. The predicted molar refractivity (Wildman–Crippen MR) is 108 cm³/mol. The number of halogens is 1. The van der Waals surface area contributed by atoms with E-state index in [1.165, 1.54) is 13.2 Å². The number of carbonyl (C=O) groups is 1. The zero-order valence-corrected chi connectivity index (χ0v) is 17.0. The molecule has 2 aromatic heterocycles. The zero-order valence-electron chi connectivity index (χ0n) is 17.0. The van der Waals surface area contributed by atoms with Crippen molar-refractivity contribution in [3.63, 3.8) is 0 Å². The first-order chi connectivity index (χ1) is 13.9. The Hall–Kier alpha value is -3.29. The van der Waals surface area contributed by atoms with Crippen molar-refractivity contribution in [2.24, 2.45) is 7.05 Å². The summed E-state index contributed by atoms with van der Waals surface area (Å²) >= 11 is 0. The molecule has 0 saturated heterocycles. The Labute approximate surface area is 169 Å². The van der Waals surface area contributed by atoms with Crippen LogP contribution in [0.15, 0.2) is 30.7 Å². The van der Waals surface area contributed by atoms with Crippen LogP contribution in [0, 0.1) is 12.7 Å². The fraction of sp³-hybridized carbons (Fsp3) is 0.333. The SMILES string of the molecule is CCC(=O)c1cc(CCc2cnc(Nc3cnn(C)c3C)nc2)c(F)c(OC)c1. The molecule has 7 nitrogen and oxygen atoms in total. The highest BCUT2D eigenvalue weighted by molar-refractivity contribution is 5.96. The molecule has 0 spiro atoms. The van der Waals surface area contributed by atoms with Crippen LogP contribution in [0.3, 0.4) is 0 Å². The summed E-state index contributed by atoms with van der Waals surface area (Å²) in [6.07, 6.45) is 6.43. The lowest BCUT2D eigenvalue weighted by atomic mass is 10.00. The largest absolute Gasteiger partial charge is 0.494 e. The molecule has 0 aliphatic heterocycles. The maximum atomic E-state index is 14.6. The smallest absolute Gasteiger partial charge is 0.227 e. The fourth-order valence-electron chi connectivity index (χ4n) is 2.92. The average molecular weight is 397 g/mol. The lowest BCUT2D eigenvalue weighted by molar-refractivity contribution is 0.0987. The minimum Gasteiger partial charge on any atom is -0.494 e. The first kappa shape index (κ1) is 20.4. The van der Waals surface area contributed by atoms with E-state index in [1.54, 1.807) is 36.3 Å². The number of anilines is 2. The van der Waals surface area contributed by atoms with Crippen LogP contribution in [0.1, 0.15) is 40.5 Å². The van der Waals surface area contributed by atoms with Gasteiger partial charge in [-0.15, -0.1) is 0 Å². The molecule has 0 aliphatic carbocycles. The van der Waals surface area contributed by atoms with Gasteiger partial charge in [-0.3, -0.25) is 9.48 Å². The molecule has 0 atom stereocenters.